The van der Waals surface area contributed by atoms with Crippen LogP contribution in [0.15, 0.2) is 51.7 Å². The van der Waals surface area contributed by atoms with E-state index >= 15 is 0 Å². The Morgan fingerprint density at radius 1 is 1.29 bits per heavy atom. The summed E-state index contributed by atoms with van der Waals surface area (Å²) in [6.07, 6.45) is 0. The molecule has 6 nitrogen and oxygen atoms in total. The minimum absolute atomic E-state index is 0.357. The molecule has 3 aromatic rings. The molecule has 2 aromatic carbocycles. The lowest BCUT2D eigenvalue weighted by Crippen LogP contribution is -2.29. The van der Waals surface area contributed by atoms with Crippen molar-refractivity contribution in [3.05, 3.63) is 58.0 Å². The standard InChI is InChI=1S/C17H15ClN2O4/c1-10(20-13-5-3-4-6-15(13)24-17(20)22)16(21)19-11-7-8-14(23-2)12(18)9-11/h3-10H,1-2H3,(H,19,21). The quantitative estimate of drug-likeness (QED) is 0.785. The lowest BCUT2D eigenvalue weighted by Gasteiger charge is -2.14. The molecule has 1 heterocycles. The van der Waals surface area contributed by atoms with Crippen molar-refractivity contribution in [3.63, 3.8) is 0 Å². The summed E-state index contributed by atoms with van der Waals surface area (Å²) in [4.78, 5) is 24.5. The third-order valence-corrected chi connectivity index (χ3v) is 4.00. The Labute approximate surface area is 142 Å². The number of fused-ring (bicyclic) bond motifs is 1. The van der Waals surface area contributed by atoms with Gasteiger partial charge in [-0.05, 0) is 37.3 Å². The zero-order chi connectivity index (χ0) is 17.3. The van der Waals surface area contributed by atoms with Gasteiger partial charge >= 0.3 is 5.76 Å². The number of anilines is 1. The molecule has 1 atom stereocenters. The molecule has 1 amide bonds. The minimum atomic E-state index is -0.748. The lowest BCUT2D eigenvalue weighted by molar-refractivity contribution is -0.118. The van der Waals surface area contributed by atoms with Gasteiger partial charge in [0.2, 0.25) is 5.91 Å². The summed E-state index contributed by atoms with van der Waals surface area (Å²) in [5, 5.41) is 3.12. The number of amides is 1. The summed E-state index contributed by atoms with van der Waals surface area (Å²) >= 11 is 6.05. The number of hydrogen-bond acceptors (Lipinski definition) is 4. The van der Waals surface area contributed by atoms with Crippen LogP contribution in [0.5, 0.6) is 5.75 Å². The average Bonchev–Trinajstić information content (AvgIpc) is 2.90. The molecule has 0 spiro atoms. The normalized spacial score (nSPS) is 12.1. The van der Waals surface area contributed by atoms with Crippen molar-refractivity contribution >= 4 is 34.3 Å². The molecule has 1 unspecified atom stereocenters. The second-order valence-corrected chi connectivity index (χ2v) is 5.63. The van der Waals surface area contributed by atoms with Gasteiger partial charge in [-0.1, -0.05) is 23.7 Å². The molecule has 0 bridgehead atoms. The van der Waals surface area contributed by atoms with E-state index in [4.69, 9.17) is 20.8 Å². The predicted molar refractivity (Wildman–Crippen MR) is 91.8 cm³/mol. The maximum absolute atomic E-state index is 12.5. The molecule has 124 valence electrons. The van der Waals surface area contributed by atoms with E-state index in [0.29, 0.717) is 27.6 Å². The molecule has 0 saturated heterocycles. The van der Waals surface area contributed by atoms with Crippen molar-refractivity contribution < 1.29 is 13.9 Å². The maximum Gasteiger partial charge on any atom is 0.420 e. The third-order valence-electron chi connectivity index (χ3n) is 3.70. The van der Waals surface area contributed by atoms with E-state index in [1.165, 1.54) is 11.7 Å². The molecule has 3 rings (SSSR count). The van der Waals surface area contributed by atoms with E-state index in [2.05, 4.69) is 5.32 Å². The maximum atomic E-state index is 12.5. The van der Waals surface area contributed by atoms with Crippen molar-refractivity contribution in [1.82, 2.24) is 4.57 Å². The van der Waals surface area contributed by atoms with Crippen LogP contribution in [0.3, 0.4) is 0 Å². The summed E-state index contributed by atoms with van der Waals surface area (Å²) in [6, 6.07) is 11.1. The highest BCUT2D eigenvalue weighted by molar-refractivity contribution is 6.32. The monoisotopic (exact) mass is 346 g/mol. The van der Waals surface area contributed by atoms with Crippen LogP contribution >= 0.6 is 11.6 Å². The largest absolute Gasteiger partial charge is 0.495 e. The van der Waals surface area contributed by atoms with E-state index in [0.717, 1.165) is 0 Å². The number of oxazole rings is 1. The first kappa shape index (κ1) is 16.1. The molecule has 1 N–H and O–H groups in total. The van der Waals surface area contributed by atoms with Gasteiger partial charge in [-0.3, -0.25) is 9.36 Å². The number of aromatic nitrogens is 1. The Morgan fingerprint density at radius 3 is 2.75 bits per heavy atom. The zero-order valence-corrected chi connectivity index (χ0v) is 13.8. The van der Waals surface area contributed by atoms with Crippen LogP contribution in [-0.4, -0.2) is 17.6 Å². The summed E-state index contributed by atoms with van der Waals surface area (Å²) < 4.78 is 11.5. The second-order valence-electron chi connectivity index (χ2n) is 5.22. The number of carbonyl (C=O) groups is 1. The molecule has 0 aliphatic carbocycles. The zero-order valence-electron chi connectivity index (χ0n) is 13.1. The van der Waals surface area contributed by atoms with Crippen LogP contribution < -0.4 is 15.8 Å². The van der Waals surface area contributed by atoms with Crippen LogP contribution in [0.1, 0.15) is 13.0 Å². The fourth-order valence-electron chi connectivity index (χ4n) is 2.46. The number of hydrogen-bond donors (Lipinski definition) is 1. The van der Waals surface area contributed by atoms with Gasteiger partial charge in [0.1, 0.15) is 11.8 Å². The van der Waals surface area contributed by atoms with Crippen molar-refractivity contribution in [1.29, 1.82) is 0 Å². The van der Waals surface area contributed by atoms with E-state index in [1.807, 2.05) is 0 Å². The topological polar surface area (TPSA) is 73.5 Å². The van der Waals surface area contributed by atoms with E-state index < -0.39 is 11.8 Å². The number of rotatable bonds is 4. The van der Waals surface area contributed by atoms with Gasteiger partial charge in [-0.25, -0.2) is 4.79 Å². The van der Waals surface area contributed by atoms with Gasteiger partial charge in [0, 0.05) is 5.69 Å². The number of nitrogens with one attached hydrogen (secondary N) is 1. The van der Waals surface area contributed by atoms with Gasteiger partial charge in [0.05, 0.1) is 17.6 Å². The summed E-state index contributed by atoms with van der Waals surface area (Å²) in [5.41, 5.74) is 1.52. The number of para-hydroxylation sites is 2. The SMILES string of the molecule is COc1ccc(NC(=O)C(C)n2c(=O)oc3ccccc32)cc1Cl. The second kappa shape index (κ2) is 6.41. The molecule has 0 fully saturated rings. The van der Waals surface area contributed by atoms with E-state index in [-0.39, 0.29) is 5.91 Å². The number of benzene rings is 2. The molecular formula is C17H15ClN2O4. The Balaban J connectivity index is 1.88. The van der Waals surface area contributed by atoms with E-state index in [1.54, 1.807) is 49.4 Å². The fraction of sp³-hybridized carbons (Fsp3) is 0.176. The van der Waals surface area contributed by atoms with Crippen molar-refractivity contribution in [2.45, 2.75) is 13.0 Å². The molecule has 7 heteroatoms. The first-order chi connectivity index (χ1) is 11.5. The number of nitrogens with zero attached hydrogens (tertiary/aromatic N) is 1. The van der Waals surface area contributed by atoms with Crippen molar-refractivity contribution in [2.75, 3.05) is 12.4 Å². The molecule has 24 heavy (non-hydrogen) atoms. The Kier molecular flexibility index (Phi) is 4.31. The van der Waals surface area contributed by atoms with Crippen molar-refractivity contribution in [2.24, 2.45) is 0 Å². The first-order valence-electron chi connectivity index (χ1n) is 7.25. The minimum Gasteiger partial charge on any atom is -0.495 e. The van der Waals surface area contributed by atoms with Gasteiger partial charge < -0.3 is 14.5 Å². The van der Waals surface area contributed by atoms with Gasteiger partial charge in [-0.15, -0.1) is 0 Å². The number of halogens is 1. The van der Waals surface area contributed by atoms with Crippen LogP contribution in [0, 0.1) is 0 Å². The highest BCUT2D eigenvalue weighted by Gasteiger charge is 2.21. The van der Waals surface area contributed by atoms with Gasteiger partial charge in [0.25, 0.3) is 0 Å². The molecule has 0 saturated carbocycles. The summed E-state index contributed by atoms with van der Waals surface area (Å²) in [6.45, 7) is 1.63. The van der Waals surface area contributed by atoms with Gasteiger partial charge in [0.15, 0.2) is 5.58 Å². The Bertz CT molecular complexity index is 961. The molecule has 0 aliphatic rings. The molecule has 1 aromatic heterocycles. The highest BCUT2D eigenvalue weighted by atomic mass is 35.5. The van der Waals surface area contributed by atoms with Crippen LogP contribution in [0.25, 0.3) is 11.1 Å². The first-order valence-corrected chi connectivity index (χ1v) is 7.63. The number of ether oxygens (including phenoxy) is 1. The molecular weight excluding hydrogens is 332 g/mol. The fourth-order valence-corrected chi connectivity index (χ4v) is 2.72. The molecule has 0 radical (unpaired) electrons. The highest BCUT2D eigenvalue weighted by Crippen LogP contribution is 2.27. The summed E-state index contributed by atoms with van der Waals surface area (Å²) in [5.74, 6) is -0.420. The van der Waals surface area contributed by atoms with Crippen LogP contribution in [0.2, 0.25) is 5.02 Å². The lowest BCUT2D eigenvalue weighted by atomic mass is 10.2. The smallest absolute Gasteiger partial charge is 0.420 e. The summed E-state index contributed by atoms with van der Waals surface area (Å²) in [7, 11) is 1.51. The van der Waals surface area contributed by atoms with Crippen molar-refractivity contribution in [3.8, 4) is 5.75 Å². The van der Waals surface area contributed by atoms with Crippen LogP contribution in [-0.2, 0) is 4.79 Å². The van der Waals surface area contributed by atoms with E-state index in [9.17, 15) is 9.59 Å². The number of methoxy groups -OCH3 is 1. The Hall–Kier alpha value is -2.73. The molecule has 0 aliphatic heterocycles. The third kappa shape index (κ3) is 2.88. The predicted octanol–water partition coefficient (Wildman–Crippen LogP) is 3.46. The van der Waals surface area contributed by atoms with Gasteiger partial charge in [-0.2, -0.15) is 0 Å². The van der Waals surface area contributed by atoms with Crippen LogP contribution in [0.4, 0.5) is 5.69 Å². The average molecular weight is 347 g/mol. The Morgan fingerprint density at radius 2 is 2.04 bits per heavy atom. The number of carbonyl (C=O) groups excluding carboxylic acids is 1.